The van der Waals surface area contributed by atoms with Crippen molar-refractivity contribution in [2.24, 2.45) is 0 Å². The van der Waals surface area contributed by atoms with Crippen LogP contribution >= 0.6 is 0 Å². The normalized spacial score (nSPS) is 11.5. The van der Waals surface area contributed by atoms with Gasteiger partial charge in [0, 0.05) is 48.7 Å². The minimum atomic E-state index is 1.12. The number of benzene rings is 4. The molecule has 44 heavy (non-hydrogen) atoms. The molecule has 0 unspecified atom stereocenters. The van der Waals surface area contributed by atoms with E-state index >= 15 is 0 Å². The number of aryl methyl sites for hydroxylation is 2. The molecule has 4 aromatic rings. The summed E-state index contributed by atoms with van der Waals surface area (Å²) in [5, 5.41) is 5.49. The Hall–Kier alpha value is -3.00. The Morgan fingerprint density at radius 2 is 0.750 bits per heavy atom. The molecule has 0 aromatic heterocycles. The Bertz CT molecular complexity index is 1320. The van der Waals surface area contributed by atoms with Crippen LogP contribution in [0.2, 0.25) is 0 Å². The standard InChI is InChI=1S/C42H60N2/c1-7-11-19-27-43(28-20-12-8-2)41-33(5)31-35-23-15-17-25-37(35)39(41)40-38-26-18-16-24-36(38)32-34(6)42(40)44(29-21-13-9-3)30-22-14-10-4/h15-18,23-26,31-32H,7-14,19-22,27-30H2,1-6H3. The summed E-state index contributed by atoms with van der Waals surface area (Å²) in [6, 6.07) is 23.3. The van der Waals surface area contributed by atoms with E-state index in [1.165, 1.54) is 132 Å². The second kappa shape index (κ2) is 17.5. The monoisotopic (exact) mass is 592 g/mol. The topological polar surface area (TPSA) is 6.48 Å². The summed E-state index contributed by atoms with van der Waals surface area (Å²) >= 11 is 0. The number of nitrogens with zero attached hydrogens (tertiary/aromatic N) is 2. The molecule has 238 valence electrons. The third kappa shape index (κ3) is 8.17. The van der Waals surface area contributed by atoms with Gasteiger partial charge in [0.25, 0.3) is 0 Å². The van der Waals surface area contributed by atoms with Crippen molar-refractivity contribution >= 4 is 32.9 Å². The highest BCUT2D eigenvalue weighted by Gasteiger charge is 2.25. The van der Waals surface area contributed by atoms with Crippen molar-refractivity contribution < 1.29 is 0 Å². The van der Waals surface area contributed by atoms with Crippen LogP contribution in [0.4, 0.5) is 11.4 Å². The van der Waals surface area contributed by atoms with E-state index in [9.17, 15) is 0 Å². The molecule has 0 saturated carbocycles. The summed E-state index contributed by atoms with van der Waals surface area (Å²) in [4.78, 5) is 5.56. The Kier molecular flexibility index (Phi) is 13.5. The Morgan fingerprint density at radius 3 is 1.07 bits per heavy atom. The molecule has 0 heterocycles. The van der Waals surface area contributed by atoms with Gasteiger partial charge in [-0.2, -0.15) is 0 Å². The van der Waals surface area contributed by atoms with E-state index in [4.69, 9.17) is 0 Å². The van der Waals surface area contributed by atoms with Gasteiger partial charge >= 0.3 is 0 Å². The first-order valence-corrected chi connectivity index (χ1v) is 18.1. The zero-order valence-electron chi connectivity index (χ0n) is 29.0. The van der Waals surface area contributed by atoms with Gasteiger partial charge in [0.05, 0.1) is 0 Å². The molecule has 0 atom stereocenters. The molecule has 0 aliphatic rings. The lowest BCUT2D eigenvalue weighted by molar-refractivity contribution is 0.635. The summed E-state index contributed by atoms with van der Waals surface area (Å²) in [6.45, 7) is 18.5. The summed E-state index contributed by atoms with van der Waals surface area (Å²) < 4.78 is 0. The van der Waals surface area contributed by atoms with Crippen LogP contribution in [0, 0.1) is 13.8 Å². The largest absolute Gasteiger partial charge is 0.371 e. The predicted octanol–water partition coefficient (Wildman–Crippen LogP) is 12.7. The van der Waals surface area contributed by atoms with Crippen molar-refractivity contribution in [3.05, 3.63) is 71.8 Å². The summed E-state index contributed by atoms with van der Waals surface area (Å²) in [5.74, 6) is 0. The maximum absolute atomic E-state index is 2.78. The Morgan fingerprint density at radius 1 is 0.432 bits per heavy atom. The average Bonchev–Trinajstić information content (AvgIpc) is 3.03. The lowest BCUT2D eigenvalue weighted by Gasteiger charge is -2.34. The first kappa shape index (κ1) is 33.9. The van der Waals surface area contributed by atoms with Crippen molar-refractivity contribution in [3.63, 3.8) is 0 Å². The minimum Gasteiger partial charge on any atom is -0.371 e. The van der Waals surface area contributed by atoms with Crippen LogP contribution in [0.15, 0.2) is 60.7 Å². The summed E-state index contributed by atoms with van der Waals surface area (Å²) in [7, 11) is 0. The van der Waals surface area contributed by atoms with Crippen LogP contribution in [0.25, 0.3) is 32.7 Å². The number of rotatable bonds is 19. The van der Waals surface area contributed by atoms with E-state index < -0.39 is 0 Å². The van der Waals surface area contributed by atoms with Crippen LogP contribution in [0.1, 0.15) is 116 Å². The second-order valence-corrected chi connectivity index (χ2v) is 13.1. The van der Waals surface area contributed by atoms with Crippen LogP contribution < -0.4 is 9.80 Å². The molecule has 2 heteroatoms. The van der Waals surface area contributed by atoms with E-state index in [1.807, 2.05) is 0 Å². The van der Waals surface area contributed by atoms with Crippen LogP contribution in [-0.4, -0.2) is 26.2 Å². The van der Waals surface area contributed by atoms with Crippen molar-refractivity contribution in [1.82, 2.24) is 0 Å². The summed E-state index contributed by atoms with van der Waals surface area (Å²) in [5.41, 5.74) is 8.67. The average molecular weight is 593 g/mol. The quantitative estimate of drug-likeness (QED) is 0.0999. The SMILES string of the molecule is CCCCCN(CCCCC)c1c(C)cc2ccccc2c1-c1c(N(CCCCC)CCCCC)c(C)cc2ccccc12. The molecule has 0 saturated heterocycles. The number of hydrogen-bond donors (Lipinski definition) is 0. The van der Waals surface area contributed by atoms with Gasteiger partial charge in [0.15, 0.2) is 0 Å². The van der Waals surface area contributed by atoms with Crippen LogP contribution in [0.3, 0.4) is 0 Å². The fraction of sp³-hybridized carbons (Fsp3) is 0.524. The lowest BCUT2D eigenvalue weighted by atomic mass is 9.86. The first-order valence-electron chi connectivity index (χ1n) is 18.1. The van der Waals surface area contributed by atoms with E-state index in [-0.39, 0.29) is 0 Å². The molecule has 0 N–H and O–H groups in total. The van der Waals surface area contributed by atoms with E-state index in [0.29, 0.717) is 0 Å². The van der Waals surface area contributed by atoms with Gasteiger partial charge < -0.3 is 9.80 Å². The minimum absolute atomic E-state index is 1.12. The number of fused-ring (bicyclic) bond motifs is 2. The molecule has 4 aromatic carbocycles. The Labute approximate surface area is 269 Å². The maximum atomic E-state index is 2.78. The van der Waals surface area contributed by atoms with Gasteiger partial charge in [-0.25, -0.2) is 0 Å². The molecule has 0 aliphatic carbocycles. The van der Waals surface area contributed by atoms with E-state index in [2.05, 4.69) is 112 Å². The smallest absolute Gasteiger partial charge is 0.0483 e. The molecule has 4 rings (SSSR count). The third-order valence-electron chi connectivity index (χ3n) is 9.43. The van der Waals surface area contributed by atoms with Gasteiger partial charge in [-0.3, -0.25) is 0 Å². The molecule has 2 nitrogen and oxygen atoms in total. The van der Waals surface area contributed by atoms with E-state index in [0.717, 1.165) is 26.2 Å². The van der Waals surface area contributed by atoms with Gasteiger partial charge in [0.2, 0.25) is 0 Å². The zero-order chi connectivity index (χ0) is 31.3. The van der Waals surface area contributed by atoms with Crippen LogP contribution in [-0.2, 0) is 0 Å². The molecule has 0 bridgehead atoms. The molecule has 0 aliphatic heterocycles. The van der Waals surface area contributed by atoms with Crippen LogP contribution in [0.5, 0.6) is 0 Å². The van der Waals surface area contributed by atoms with Crippen molar-refractivity contribution in [3.8, 4) is 11.1 Å². The van der Waals surface area contributed by atoms with Crippen molar-refractivity contribution in [1.29, 1.82) is 0 Å². The van der Waals surface area contributed by atoms with Gasteiger partial charge in [0.1, 0.15) is 0 Å². The molecule has 0 radical (unpaired) electrons. The molecular weight excluding hydrogens is 532 g/mol. The zero-order valence-corrected chi connectivity index (χ0v) is 29.0. The van der Waals surface area contributed by atoms with Gasteiger partial charge in [-0.15, -0.1) is 0 Å². The molecular formula is C42H60N2. The third-order valence-corrected chi connectivity index (χ3v) is 9.43. The molecule has 0 spiro atoms. The maximum Gasteiger partial charge on any atom is 0.0483 e. The lowest BCUT2D eigenvalue weighted by Crippen LogP contribution is -2.29. The number of hydrogen-bond acceptors (Lipinski definition) is 2. The number of unbranched alkanes of at least 4 members (excludes halogenated alkanes) is 8. The van der Waals surface area contributed by atoms with Gasteiger partial charge in [-0.05, 0) is 84.3 Å². The first-order chi connectivity index (χ1) is 21.5. The van der Waals surface area contributed by atoms with Gasteiger partial charge in [-0.1, -0.05) is 128 Å². The predicted molar refractivity (Wildman–Crippen MR) is 199 cm³/mol. The highest BCUT2D eigenvalue weighted by Crippen LogP contribution is 2.49. The summed E-state index contributed by atoms with van der Waals surface area (Å²) in [6.07, 6.45) is 15.1. The van der Waals surface area contributed by atoms with Crippen molar-refractivity contribution in [2.75, 3.05) is 36.0 Å². The highest BCUT2D eigenvalue weighted by atomic mass is 15.1. The fourth-order valence-corrected chi connectivity index (χ4v) is 7.16. The molecule has 0 amide bonds. The van der Waals surface area contributed by atoms with E-state index in [1.54, 1.807) is 0 Å². The fourth-order valence-electron chi connectivity index (χ4n) is 7.16. The highest BCUT2D eigenvalue weighted by molar-refractivity contribution is 6.15. The Balaban J connectivity index is 2.07. The number of anilines is 2. The van der Waals surface area contributed by atoms with Crippen molar-refractivity contribution in [2.45, 2.75) is 119 Å². The second-order valence-electron chi connectivity index (χ2n) is 13.1. The molecule has 0 fully saturated rings.